The van der Waals surface area contributed by atoms with Gasteiger partial charge in [0.1, 0.15) is 5.60 Å². The van der Waals surface area contributed by atoms with Gasteiger partial charge in [0.2, 0.25) is 0 Å². The van der Waals surface area contributed by atoms with Crippen molar-refractivity contribution in [2.75, 3.05) is 7.05 Å². The summed E-state index contributed by atoms with van der Waals surface area (Å²) in [6.45, 7) is 5.32. The zero-order valence-corrected chi connectivity index (χ0v) is 13.9. The molecule has 0 aliphatic heterocycles. The van der Waals surface area contributed by atoms with Crippen molar-refractivity contribution in [2.24, 2.45) is 7.05 Å². The third-order valence-electron chi connectivity index (χ3n) is 3.52. The van der Waals surface area contributed by atoms with Gasteiger partial charge in [0.25, 0.3) is 5.91 Å². The van der Waals surface area contributed by atoms with Gasteiger partial charge < -0.3 is 4.74 Å². The lowest BCUT2D eigenvalue weighted by Gasteiger charge is -2.24. The van der Waals surface area contributed by atoms with E-state index >= 15 is 0 Å². The summed E-state index contributed by atoms with van der Waals surface area (Å²) in [6.07, 6.45) is 3.35. The van der Waals surface area contributed by atoms with E-state index in [4.69, 9.17) is 4.74 Å². The van der Waals surface area contributed by atoms with E-state index in [-0.39, 0.29) is 5.91 Å². The Balaban J connectivity index is 2.08. The Hall–Kier alpha value is -2.05. The summed E-state index contributed by atoms with van der Waals surface area (Å²) >= 11 is 0. The van der Waals surface area contributed by atoms with Crippen LogP contribution in [0.25, 0.3) is 0 Å². The molecule has 22 heavy (non-hydrogen) atoms. The predicted octanol–water partition coefficient (Wildman–Crippen LogP) is 1.81. The molecule has 0 aromatic carbocycles. The number of rotatable bonds is 1. The summed E-state index contributed by atoms with van der Waals surface area (Å²) in [5.41, 5.74) is 4.41. The van der Waals surface area contributed by atoms with Gasteiger partial charge in [-0.25, -0.2) is 9.80 Å². The number of ether oxygens (including phenoxy) is 1. The fourth-order valence-electron chi connectivity index (χ4n) is 2.54. The first-order valence-electron chi connectivity index (χ1n) is 7.51. The normalized spacial score (nSPS) is 14.2. The highest BCUT2D eigenvalue weighted by atomic mass is 16.6. The van der Waals surface area contributed by atoms with E-state index in [2.05, 4.69) is 10.5 Å². The molecule has 0 spiro atoms. The van der Waals surface area contributed by atoms with Crippen LogP contribution in [-0.4, -0.2) is 39.4 Å². The minimum Gasteiger partial charge on any atom is -0.442 e. The van der Waals surface area contributed by atoms with Gasteiger partial charge in [0.15, 0.2) is 5.69 Å². The second-order valence-electron chi connectivity index (χ2n) is 6.58. The Labute approximate surface area is 130 Å². The molecule has 1 N–H and O–H groups in total. The second kappa shape index (κ2) is 5.98. The molecule has 122 valence electrons. The average Bonchev–Trinajstić information content (AvgIpc) is 2.75. The van der Waals surface area contributed by atoms with E-state index in [0.717, 1.165) is 41.9 Å². The number of hydrogen-bond acceptors (Lipinski definition) is 4. The maximum atomic E-state index is 12.4. The Bertz CT molecular complexity index is 586. The Morgan fingerprint density at radius 1 is 1.27 bits per heavy atom. The number of aromatic nitrogens is 2. The summed E-state index contributed by atoms with van der Waals surface area (Å²) in [5.74, 6) is -0.382. The number of nitrogens with one attached hydrogen (secondary N) is 1. The van der Waals surface area contributed by atoms with Crippen LogP contribution in [0.1, 0.15) is 55.4 Å². The molecular weight excluding hydrogens is 284 g/mol. The number of nitrogens with zero attached hydrogens (tertiary/aromatic N) is 3. The molecule has 1 aliphatic carbocycles. The highest BCUT2D eigenvalue weighted by Crippen LogP contribution is 2.23. The zero-order chi connectivity index (χ0) is 16.5. The van der Waals surface area contributed by atoms with Gasteiger partial charge in [-0.2, -0.15) is 5.10 Å². The number of hydrazine groups is 1. The van der Waals surface area contributed by atoms with Crippen LogP contribution < -0.4 is 5.43 Å². The highest BCUT2D eigenvalue weighted by Gasteiger charge is 2.26. The molecule has 0 bridgehead atoms. The van der Waals surface area contributed by atoms with Gasteiger partial charge >= 0.3 is 6.09 Å². The molecule has 1 heterocycles. The minimum atomic E-state index is -0.611. The molecule has 1 aromatic rings. The highest BCUT2D eigenvalue weighted by molar-refractivity contribution is 5.94. The first kappa shape index (κ1) is 16.3. The van der Waals surface area contributed by atoms with Crippen molar-refractivity contribution in [1.29, 1.82) is 0 Å². The van der Waals surface area contributed by atoms with E-state index in [1.165, 1.54) is 7.05 Å². The molecule has 1 aliphatic rings. The Kier molecular flexibility index (Phi) is 4.44. The van der Waals surface area contributed by atoms with Crippen LogP contribution in [0.3, 0.4) is 0 Å². The second-order valence-corrected chi connectivity index (χ2v) is 6.58. The van der Waals surface area contributed by atoms with E-state index in [0.29, 0.717) is 5.69 Å². The molecule has 7 heteroatoms. The average molecular weight is 308 g/mol. The van der Waals surface area contributed by atoms with Gasteiger partial charge in [0.05, 0.1) is 0 Å². The Morgan fingerprint density at radius 3 is 2.55 bits per heavy atom. The van der Waals surface area contributed by atoms with Gasteiger partial charge in [-0.05, 0) is 46.5 Å². The van der Waals surface area contributed by atoms with Gasteiger partial charge in [-0.1, -0.05) is 0 Å². The summed E-state index contributed by atoms with van der Waals surface area (Å²) in [7, 11) is 3.31. The fraction of sp³-hybridized carbons (Fsp3) is 0.667. The fourth-order valence-corrected chi connectivity index (χ4v) is 2.54. The molecule has 0 saturated carbocycles. The SMILES string of the molecule is CN(NC(=O)c1nn(C)c2c1CCCC2)C(=O)OC(C)(C)C. The van der Waals surface area contributed by atoms with Crippen molar-refractivity contribution in [2.45, 2.75) is 52.1 Å². The number of fused-ring (bicyclic) bond motifs is 1. The molecule has 1 aromatic heterocycles. The van der Waals surface area contributed by atoms with Crippen molar-refractivity contribution in [3.8, 4) is 0 Å². The third-order valence-corrected chi connectivity index (χ3v) is 3.52. The maximum Gasteiger partial charge on any atom is 0.428 e. The summed E-state index contributed by atoms with van der Waals surface area (Å²) in [5, 5.41) is 5.36. The minimum absolute atomic E-state index is 0.382. The van der Waals surface area contributed by atoms with Crippen LogP contribution in [0.5, 0.6) is 0 Å². The van der Waals surface area contributed by atoms with E-state index in [1.807, 2.05) is 7.05 Å². The van der Waals surface area contributed by atoms with Gasteiger partial charge in [0, 0.05) is 25.4 Å². The van der Waals surface area contributed by atoms with Crippen molar-refractivity contribution in [3.63, 3.8) is 0 Å². The number of carbonyl (C=O) groups excluding carboxylic acids is 2. The van der Waals surface area contributed by atoms with Crippen molar-refractivity contribution in [3.05, 3.63) is 17.0 Å². The largest absolute Gasteiger partial charge is 0.442 e. The summed E-state index contributed by atoms with van der Waals surface area (Å²) in [6, 6.07) is 0. The zero-order valence-electron chi connectivity index (χ0n) is 13.9. The molecule has 7 nitrogen and oxygen atoms in total. The van der Waals surface area contributed by atoms with Crippen LogP contribution >= 0.6 is 0 Å². The molecular formula is C15H24N4O3. The van der Waals surface area contributed by atoms with Gasteiger partial charge in [-0.15, -0.1) is 0 Å². The van der Waals surface area contributed by atoms with Crippen LogP contribution in [0.4, 0.5) is 4.79 Å². The van der Waals surface area contributed by atoms with E-state index in [9.17, 15) is 9.59 Å². The predicted molar refractivity (Wildman–Crippen MR) is 81.3 cm³/mol. The molecule has 0 radical (unpaired) electrons. The van der Waals surface area contributed by atoms with Crippen molar-refractivity contribution >= 4 is 12.0 Å². The Morgan fingerprint density at radius 2 is 1.91 bits per heavy atom. The number of amides is 2. The lowest BCUT2D eigenvalue weighted by Crippen LogP contribution is -2.46. The van der Waals surface area contributed by atoms with E-state index < -0.39 is 11.7 Å². The van der Waals surface area contributed by atoms with Crippen molar-refractivity contribution < 1.29 is 14.3 Å². The first-order valence-corrected chi connectivity index (χ1v) is 7.51. The number of carbonyl (C=O) groups is 2. The van der Waals surface area contributed by atoms with Crippen LogP contribution in [0, 0.1) is 0 Å². The molecule has 0 saturated heterocycles. The molecule has 0 unspecified atom stereocenters. The van der Waals surface area contributed by atoms with Crippen LogP contribution in [0.2, 0.25) is 0 Å². The number of aryl methyl sites for hydroxylation is 1. The topological polar surface area (TPSA) is 76.5 Å². The molecule has 0 atom stereocenters. The summed E-state index contributed by atoms with van der Waals surface area (Å²) in [4.78, 5) is 24.3. The molecule has 0 fully saturated rings. The smallest absolute Gasteiger partial charge is 0.428 e. The molecule has 2 amide bonds. The number of hydrogen-bond donors (Lipinski definition) is 1. The van der Waals surface area contributed by atoms with Crippen molar-refractivity contribution in [1.82, 2.24) is 20.2 Å². The lowest BCUT2D eigenvalue weighted by molar-refractivity contribution is 0.0194. The maximum absolute atomic E-state index is 12.4. The first-order chi connectivity index (χ1) is 10.2. The summed E-state index contributed by atoms with van der Waals surface area (Å²) < 4.78 is 6.96. The quantitative estimate of drug-likeness (QED) is 0.803. The molecule has 2 rings (SSSR count). The standard InChI is InChI=1S/C15H24N4O3/c1-15(2,3)22-14(21)19(5)17-13(20)12-10-8-6-7-9-11(10)18(4)16-12/h6-9H2,1-5H3,(H,17,20). The lowest BCUT2D eigenvalue weighted by atomic mass is 9.95. The van der Waals surface area contributed by atoms with E-state index in [1.54, 1.807) is 25.5 Å². The third kappa shape index (κ3) is 3.58. The van der Waals surface area contributed by atoms with Crippen LogP contribution in [-0.2, 0) is 24.6 Å². The van der Waals surface area contributed by atoms with Gasteiger partial charge in [-0.3, -0.25) is 14.9 Å². The monoisotopic (exact) mass is 308 g/mol. The van der Waals surface area contributed by atoms with Crippen LogP contribution in [0.15, 0.2) is 0 Å².